The molecule has 0 aliphatic carbocycles. The molecule has 2 rings (SSSR count). The summed E-state index contributed by atoms with van der Waals surface area (Å²) in [5, 5.41) is 2.83. The van der Waals surface area contributed by atoms with E-state index in [2.05, 4.69) is 19.2 Å². The summed E-state index contributed by atoms with van der Waals surface area (Å²) in [4.78, 5) is 27.1. The van der Waals surface area contributed by atoms with E-state index in [4.69, 9.17) is 10.5 Å². The van der Waals surface area contributed by atoms with Gasteiger partial charge in [0.2, 0.25) is 0 Å². The zero-order valence-corrected chi connectivity index (χ0v) is 18.2. The lowest BCUT2D eigenvalue weighted by Gasteiger charge is -2.22. The maximum atomic E-state index is 12.9. The third-order valence-electron chi connectivity index (χ3n) is 4.76. The molecule has 2 aromatic carbocycles. The van der Waals surface area contributed by atoms with Gasteiger partial charge in [-0.2, -0.15) is 0 Å². The fourth-order valence-corrected chi connectivity index (χ4v) is 2.70. The minimum Gasteiger partial charge on any atom is -0.497 e. The van der Waals surface area contributed by atoms with Crippen molar-refractivity contribution in [1.29, 1.82) is 0 Å². The van der Waals surface area contributed by atoms with E-state index in [0.29, 0.717) is 35.0 Å². The molecule has 1 atom stereocenters. The number of ether oxygens (including phenoxy) is 1. The Bertz CT molecular complexity index is 809. The van der Waals surface area contributed by atoms with Crippen LogP contribution in [0.1, 0.15) is 41.0 Å². The van der Waals surface area contributed by atoms with Gasteiger partial charge < -0.3 is 20.7 Å². The van der Waals surface area contributed by atoms with E-state index in [1.165, 1.54) is 0 Å². The highest BCUT2D eigenvalue weighted by Crippen LogP contribution is 2.19. The Morgan fingerprint density at radius 3 is 2.31 bits per heavy atom. The molecule has 0 saturated carbocycles. The van der Waals surface area contributed by atoms with Gasteiger partial charge in [-0.15, -0.1) is 12.4 Å². The molecule has 0 aliphatic rings. The Morgan fingerprint density at radius 2 is 1.72 bits per heavy atom. The van der Waals surface area contributed by atoms with E-state index >= 15 is 0 Å². The molecule has 0 fully saturated rings. The second-order valence-corrected chi connectivity index (χ2v) is 7.15. The van der Waals surface area contributed by atoms with Crippen LogP contribution in [-0.4, -0.2) is 43.5 Å². The van der Waals surface area contributed by atoms with Gasteiger partial charge in [0.05, 0.1) is 18.4 Å². The predicted octanol–water partition coefficient (Wildman–Crippen LogP) is 3.81. The zero-order chi connectivity index (χ0) is 20.7. The Labute approximate surface area is 178 Å². The molecule has 0 aliphatic heterocycles. The molecule has 0 aromatic heterocycles. The summed E-state index contributed by atoms with van der Waals surface area (Å²) in [6, 6.07) is 13.8. The number of carbonyl (C=O) groups is 2. The van der Waals surface area contributed by atoms with Gasteiger partial charge in [0.1, 0.15) is 5.75 Å². The van der Waals surface area contributed by atoms with Crippen LogP contribution in [0.4, 0.5) is 5.69 Å². The lowest BCUT2D eigenvalue weighted by Crippen LogP contribution is -2.35. The fourth-order valence-electron chi connectivity index (χ4n) is 2.70. The van der Waals surface area contributed by atoms with Crippen LogP contribution < -0.4 is 15.8 Å². The molecule has 0 heterocycles. The number of para-hydroxylation sites is 1. The molecule has 0 bridgehead atoms. The van der Waals surface area contributed by atoms with Gasteiger partial charge in [0, 0.05) is 25.2 Å². The largest absolute Gasteiger partial charge is 0.497 e. The molecule has 2 amide bonds. The van der Waals surface area contributed by atoms with Gasteiger partial charge in [-0.25, -0.2) is 0 Å². The van der Waals surface area contributed by atoms with Crippen molar-refractivity contribution in [3.05, 3.63) is 59.7 Å². The van der Waals surface area contributed by atoms with Crippen LogP contribution in [0.5, 0.6) is 5.75 Å². The normalized spacial score (nSPS) is 11.4. The first-order valence-electron chi connectivity index (χ1n) is 9.39. The van der Waals surface area contributed by atoms with Gasteiger partial charge in [-0.3, -0.25) is 9.59 Å². The molecule has 158 valence electrons. The van der Waals surface area contributed by atoms with E-state index in [1.54, 1.807) is 67.6 Å². The van der Waals surface area contributed by atoms with E-state index in [9.17, 15) is 9.59 Å². The summed E-state index contributed by atoms with van der Waals surface area (Å²) in [5.41, 5.74) is 7.50. The molecule has 0 spiro atoms. The Hall–Kier alpha value is -2.57. The molecule has 7 heteroatoms. The molecule has 1 unspecified atom stereocenters. The topological polar surface area (TPSA) is 84.7 Å². The van der Waals surface area contributed by atoms with Crippen molar-refractivity contribution in [3.63, 3.8) is 0 Å². The Kier molecular flexibility index (Phi) is 9.65. The molecule has 6 nitrogen and oxygen atoms in total. The van der Waals surface area contributed by atoms with Crippen molar-refractivity contribution in [2.24, 2.45) is 11.7 Å². The predicted molar refractivity (Wildman–Crippen MR) is 119 cm³/mol. The second kappa shape index (κ2) is 11.4. The maximum Gasteiger partial charge on any atom is 0.255 e. The number of anilines is 1. The summed E-state index contributed by atoms with van der Waals surface area (Å²) in [6.07, 6.45) is 0.723. The number of nitrogens with one attached hydrogen (secondary N) is 1. The quantitative estimate of drug-likeness (QED) is 0.681. The standard InChI is InChI=1S/C22H29N3O3.ClH/c1-15(2)19(23)13-14-25(3)22(27)18-7-5-6-8-20(18)24-21(26)16-9-11-17(28-4)12-10-16;/h5-12,15,19H,13-14,23H2,1-4H3,(H,24,26);1H. The minimum atomic E-state index is -0.285. The number of carbonyl (C=O) groups excluding carboxylic acids is 2. The number of hydrogen-bond acceptors (Lipinski definition) is 4. The first-order valence-corrected chi connectivity index (χ1v) is 9.39. The fraction of sp³-hybridized carbons (Fsp3) is 0.364. The third-order valence-corrected chi connectivity index (χ3v) is 4.76. The molecule has 0 saturated heterocycles. The summed E-state index contributed by atoms with van der Waals surface area (Å²) < 4.78 is 5.11. The summed E-state index contributed by atoms with van der Waals surface area (Å²) in [5.74, 6) is 0.599. The number of rotatable bonds is 8. The van der Waals surface area contributed by atoms with Gasteiger partial charge in [0.15, 0.2) is 0 Å². The van der Waals surface area contributed by atoms with Crippen molar-refractivity contribution in [3.8, 4) is 5.75 Å². The van der Waals surface area contributed by atoms with E-state index in [1.807, 2.05) is 0 Å². The van der Waals surface area contributed by atoms with Crippen LogP contribution in [0.25, 0.3) is 0 Å². The monoisotopic (exact) mass is 419 g/mol. The van der Waals surface area contributed by atoms with Gasteiger partial charge in [-0.05, 0) is 48.7 Å². The maximum absolute atomic E-state index is 12.9. The van der Waals surface area contributed by atoms with Gasteiger partial charge >= 0.3 is 0 Å². The lowest BCUT2D eigenvalue weighted by atomic mass is 10.0. The van der Waals surface area contributed by atoms with Crippen LogP contribution in [0.2, 0.25) is 0 Å². The average Bonchev–Trinajstić information content (AvgIpc) is 2.71. The SMILES string of the molecule is COc1ccc(C(=O)Nc2ccccc2C(=O)N(C)CCC(N)C(C)C)cc1.Cl. The highest BCUT2D eigenvalue weighted by atomic mass is 35.5. The number of hydrogen-bond donors (Lipinski definition) is 2. The first-order chi connectivity index (χ1) is 13.3. The molecular weight excluding hydrogens is 390 g/mol. The number of halogens is 1. The van der Waals surface area contributed by atoms with Crippen molar-refractivity contribution in [1.82, 2.24) is 4.90 Å². The molecular formula is C22H30ClN3O3. The van der Waals surface area contributed by atoms with Crippen LogP contribution in [0, 0.1) is 5.92 Å². The van der Waals surface area contributed by atoms with E-state index in [0.717, 1.165) is 6.42 Å². The Morgan fingerprint density at radius 1 is 1.10 bits per heavy atom. The van der Waals surface area contributed by atoms with Crippen molar-refractivity contribution in [2.45, 2.75) is 26.3 Å². The Balaban J connectivity index is 0.00000420. The average molecular weight is 420 g/mol. The van der Waals surface area contributed by atoms with Gasteiger partial charge in [0.25, 0.3) is 11.8 Å². The van der Waals surface area contributed by atoms with E-state index < -0.39 is 0 Å². The lowest BCUT2D eigenvalue weighted by molar-refractivity contribution is 0.0790. The summed E-state index contributed by atoms with van der Waals surface area (Å²) >= 11 is 0. The van der Waals surface area contributed by atoms with Crippen molar-refractivity contribution in [2.75, 3.05) is 26.0 Å². The second-order valence-electron chi connectivity index (χ2n) is 7.15. The first kappa shape index (κ1) is 24.5. The third kappa shape index (κ3) is 6.76. The number of benzene rings is 2. The number of amides is 2. The van der Waals surface area contributed by atoms with Crippen LogP contribution >= 0.6 is 12.4 Å². The smallest absolute Gasteiger partial charge is 0.255 e. The molecule has 0 radical (unpaired) electrons. The van der Waals surface area contributed by atoms with Crippen molar-refractivity contribution < 1.29 is 14.3 Å². The highest BCUT2D eigenvalue weighted by molar-refractivity contribution is 6.09. The summed E-state index contributed by atoms with van der Waals surface area (Å²) in [7, 11) is 3.32. The number of nitrogens with two attached hydrogens (primary N) is 1. The molecule has 3 N–H and O–H groups in total. The molecule has 29 heavy (non-hydrogen) atoms. The highest BCUT2D eigenvalue weighted by Gasteiger charge is 2.18. The minimum absolute atomic E-state index is 0. The molecule has 2 aromatic rings. The van der Waals surface area contributed by atoms with Gasteiger partial charge in [-0.1, -0.05) is 26.0 Å². The number of nitrogens with zero attached hydrogens (tertiary/aromatic N) is 1. The number of methoxy groups -OCH3 is 1. The summed E-state index contributed by atoms with van der Waals surface area (Å²) in [6.45, 7) is 4.69. The van der Waals surface area contributed by atoms with Crippen LogP contribution in [-0.2, 0) is 0 Å². The van der Waals surface area contributed by atoms with Crippen LogP contribution in [0.3, 0.4) is 0 Å². The van der Waals surface area contributed by atoms with Crippen molar-refractivity contribution >= 4 is 29.9 Å². The van der Waals surface area contributed by atoms with E-state index in [-0.39, 0.29) is 30.3 Å². The van der Waals surface area contributed by atoms with Crippen LogP contribution in [0.15, 0.2) is 48.5 Å². The zero-order valence-electron chi connectivity index (χ0n) is 17.3.